The molecule has 0 spiro atoms. The topological polar surface area (TPSA) is 64.8 Å². The normalized spacial score (nSPS) is 11.9. The van der Waals surface area contributed by atoms with E-state index < -0.39 is 9.84 Å². The highest BCUT2D eigenvalue weighted by Crippen LogP contribution is 2.18. The molecule has 5 nitrogen and oxygen atoms in total. The van der Waals surface area contributed by atoms with E-state index in [0.29, 0.717) is 6.54 Å². The highest BCUT2D eigenvalue weighted by molar-refractivity contribution is 7.90. The van der Waals surface area contributed by atoms with Crippen LogP contribution in [-0.2, 0) is 16.4 Å². The summed E-state index contributed by atoms with van der Waals surface area (Å²) >= 11 is 1.45. The molecule has 0 aliphatic rings. The summed E-state index contributed by atoms with van der Waals surface area (Å²) in [7, 11) is -3.18. The second-order valence-corrected chi connectivity index (χ2v) is 6.94. The maximum absolute atomic E-state index is 11.3. The van der Waals surface area contributed by atoms with Crippen molar-refractivity contribution in [3.05, 3.63) is 28.5 Å². The Balaban J connectivity index is 2.29. The molecular formula is C10H13N3O2S2. The third-order valence-corrected chi connectivity index (χ3v) is 4.49. The Hall–Kier alpha value is -1.21. The van der Waals surface area contributed by atoms with E-state index in [1.54, 1.807) is 10.9 Å². The van der Waals surface area contributed by atoms with Gasteiger partial charge in [0, 0.05) is 22.9 Å². The largest absolute Gasteiger partial charge is 0.267 e. The van der Waals surface area contributed by atoms with Gasteiger partial charge in [0.25, 0.3) is 0 Å². The molecule has 17 heavy (non-hydrogen) atoms. The van der Waals surface area contributed by atoms with E-state index in [-0.39, 0.29) is 4.90 Å². The molecule has 2 aromatic heterocycles. The minimum Gasteiger partial charge on any atom is -0.267 e. The van der Waals surface area contributed by atoms with E-state index >= 15 is 0 Å². The zero-order valence-corrected chi connectivity index (χ0v) is 11.5. The van der Waals surface area contributed by atoms with Crippen molar-refractivity contribution >= 4 is 21.4 Å². The minimum atomic E-state index is -3.18. The summed E-state index contributed by atoms with van der Waals surface area (Å²) in [6, 6.07) is 0. The molecule has 2 rings (SSSR count). The molecule has 0 amide bonds. The van der Waals surface area contributed by atoms with Crippen LogP contribution in [0.5, 0.6) is 0 Å². The number of sulfone groups is 1. The van der Waals surface area contributed by atoms with Gasteiger partial charge < -0.3 is 0 Å². The predicted molar refractivity (Wildman–Crippen MR) is 66.0 cm³/mol. The molecule has 0 bridgehead atoms. The second kappa shape index (κ2) is 4.23. The van der Waals surface area contributed by atoms with E-state index in [0.717, 1.165) is 16.1 Å². The van der Waals surface area contributed by atoms with Gasteiger partial charge in [-0.25, -0.2) is 8.42 Å². The fourth-order valence-corrected chi connectivity index (χ4v) is 2.77. The van der Waals surface area contributed by atoms with Crippen LogP contribution in [0, 0.1) is 13.8 Å². The zero-order chi connectivity index (χ0) is 12.6. The van der Waals surface area contributed by atoms with Crippen molar-refractivity contribution in [2.24, 2.45) is 0 Å². The van der Waals surface area contributed by atoms with Crippen LogP contribution in [0.2, 0.25) is 0 Å². The molecule has 0 N–H and O–H groups in total. The molecule has 2 aromatic rings. The van der Waals surface area contributed by atoms with Crippen LogP contribution in [0.3, 0.4) is 0 Å². The SMILES string of the molecule is Cc1nsc(C)c1Cn1cc(S(C)(=O)=O)cn1. The third kappa shape index (κ3) is 2.55. The molecule has 0 atom stereocenters. The first-order valence-corrected chi connectivity index (χ1v) is 7.68. The Morgan fingerprint density at radius 1 is 1.41 bits per heavy atom. The van der Waals surface area contributed by atoms with Gasteiger partial charge in [-0.1, -0.05) is 0 Å². The molecule has 0 saturated carbocycles. The molecule has 7 heteroatoms. The standard InChI is InChI=1S/C10H13N3O2S2/c1-7-10(8(2)16-12-7)6-13-5-9(4-11-13)17(3,14)15/h4-5H,6H2,1-3H3. The first kappa shape index (κ1) is 12.3. The van der Waals surface area contributed by atoms with Crippen molar-refractivity contribution in [2.45, 2.75) is 25.3 Å². The van der Waals surface area contributed by atoms with Crippen molar-refractivity contribution in [1.82, 2.24) is 14.2 Å². The number of aromatic nitrogens is 3. The molecule has 0 aliphatic heterocycles. The van der Waals surface area contributed by atoms with Crippen molar-refractivity contribution in [3.8, 4) is 0 Å². The molecular weight excluding hydrogens is 258 g/mol. The van der Waals surface area contributed by atoms with Crippen molar-refractivity contribution in [3.63, 3.8) is 0 Å². The van der Waals surface area contributed by atoms with Gasteiger partial charge in [0.2, 0.25) is 0 Å². The Morgan fingerprint density at radius 3 is 2.59 bits per heavy atom. The van der Waals surface area contributed by atoms with E-state index in [1.807, 2.05) is 13.8 Å². The van der Waals surface area contributed by atoms with Gasteiger partial charge in [0.15, 0.2) is 9.84 Å². The molecule has 0 aliphatic carbocycles. The number of rotatable bonds is 3. The van der Waals surface area contributed by atoms with E-state index in [4.69, 9.17) is 0 Å². The molecule has 0 radical (unpaired) electrons. The van der Waals surface area contributed by atoms with Crippen LogP contribution >= 0.6 is 11.5 Å². The lowest BCUT2D eigenvalue weighted by Crippen LogP contribution is -2.02. The molecule has 92 valence electrons. The van der Waals surface area contributed by atoms with Crippen LogP contribution in [0.25, 0.3) is 0 Å². The fraction of sp³-hybridized carbons (Fsp3) is 0.400. The monoisotopic (exact) mass is 271 g/mol. The summed E-state index contributed by atoms with van der Waals surface area (Å²) in [6.45, 7) is 4.50. The van der Waals surface area contributed by atoms with E-state index in [2.05, 4.69) is 9.47 Å². The fourth-order valence-electron chi connectivity index (χ4n) is 1.51. The van der Waals surface area contributed by atoms with Crippen LogP contribution in [0.1, 0.15) is 16.1 Å². The molecule has 0 saturated heterocycles. The first-order chi connectivity index (χ1) is 7.88. The van der Waals surface area contributed by atoms with Crippen molar-refractivity contribution in [1.29, 1.82) is 0 Å². The number of aryl methyl sites for hydroxylation is 2. The van der Waals surface area contributed by atoms with Gasteiger partial charge in [-0.05, 0) is 25.4 Å². The van der Waals surface area contributed by atoms with E-state index in [1.165, 1.54) is 24.0 Å². The van der Waals surface area contributed by atoms with Gasteiger partial charge >= 0.3 is 0 Å². The smallest absolute Gasteiger partial charge is 0.178 e. The van der Waals surface area contributed by atoms with Gasteiger partial charge in [-0.15, -0.1) is 0 Å². The lowest BCUT2D eigenvalue weighted by Gasteiger charge is -2.01. The summed E-state index contributed by atoms with van der Waals surface area (Å²) < 4.78 is 28.5. The van der Waals surface area contributed by atoms with Gasteiger partial charge in [0.1, 0.15) is 4.90 Å². The van der Waals surface area contributed by atoms with Crippen LogP contribution < -0.4 is 0 Å². The number of hydrogen-bond donors (Lipinski definition) is 0. The highest BCUT2D eigenvalue weighted by atomic mass is 32.2. The Morgan fingerprint density at radius 2 is 2.12 bits per heavy atom. The van der Waals surface area contributed by atoms with Crippen LogP contribution in [0.15, 0.2) is 17.3 Å². The van der Waals surface area contributed by atoms with Gasteiger partial charge in [-0.2, -0.15) is 9.47 Å². The molecule has 0 aromatic carbocycles. The highest BCUT2D eigenvalue weighted by Gasteiger charge is 2.12. The Kier molecular flexibility index (Phi) is 3.05. The Bertz CT molecular complexity index is 621. The maximum atomic E-state index is 11.3. The average molecular weight is 271 g/mol. The summed E-state index contributed by atoms with van der Waals surface area (Å²) in [4.78, 5) is 1.38. The minimum absolute atomic E-state index is 0.246. The van der Waals surface area contributed by atoms with E-state index in [9.17, 15) is 8.42 Å². The predicted octanol–water partition coefficient (Wildman–Crippen LogP) is 1.41. The lowest BCUT2D eigenvalue weighted by molar-refractivity contribution is 0.601. The quantitative estimate of drug-likeness (QED) is 0.846. The Labute approximate surface area is 104 Å². The summed E-state index contributed by atoms with van der Waals surface area (Å²) in [6.07, 6.45) is 4.10. The second-order valence-electron chi connectivity index (χ2n) is 3.95. The summed E-state index contributed by atoms with van der Waals surface area (Å²) in [5.74, 6) is 0. The number of hydrogen-bond acceptors (Lipinski definition) is 5. The third-order valence-electron chi connectivity index (χ3n) is 2.54. The lowest BCUT2D eigenvalue weighted by atomic mass is 10.2. The zero-order valence-electron chi connectivity index (χ0n) is 9.84. The van der Waals surface area contributed by atoms with Crippen molar-refractivity contribution in [2.75, 3.05) is 6.26 Å². The van der Waals surface area contributed by atoms with Crippen molar-refractivity contribution < 1.29 is 8.42 Å². The molecule has 0 fully saturated rings. The maximum Gasteiger partial charge on any atom is 0.178 e. The summed E-state index contributed by atoms with van der Waals surface area (Å²) in [5, 5.41) is 4.05. The number of nitrogens with zero attached hydrogens (tertiary/aromatic N) is 3. The van der Waals surface area contributed by atoms with Gasteiger partial charge in [-0.3, -0.25) is 4.68 Å². The van der Waals surface area contributed by atoms with Gasteiger partial charge in [0.05, 0.1) is 18.4 Å². The van der Waals surface area contributed by atoms with Crippen LogP contribution in [-0.4, -0.2) is 28.8 Å². The van der Waals surface area contributed by atoms with Crippen LogP contribution in [0.4, 0.5) is 0 Å². The first-order valence-electron chi connectivity index (χ1n) is 5.02. The molecule has 2 heterocycles. The average Bonchev–Trinajstić information content (AvgIpc) is 2.79. The summed E-state index contributed by atoms with van der Waals surface area (Å²) in [5.41, 5.74) is 2.09. The molecule has 0 unspecified atom stereocenters.